The number of ether oxygens (including phenoxy) is 1. The molecule has 0 radical (unpaired) electrons. The zero-order chi connectivity index (χ0) is 20.0. The molecule has 0 amide bonds. The number of carbonyl (C=O) groups excluding carboxylic acids is 1. The lowest BCUT2D eigenvalue weighted by atomic mass is 10.2. The van der Waals surface area contributed by atoms with Crippen molar-refractivity contribution in [2.75, 3.05) is 32.3 Å². The highest BCUT2D eigenvalue weighted by Gasteiger charge is 2.17. The van der Waals surface area contributed by atoms with Gasteiger partial charge >= 0.3 is 16.3 Å². The SMILES string of the molecule is CCOC(=O)c1cnc(SC)nc1Nc1ccc(OS(=O)(=O)N(C)C)cc1. The summed E-state index contributed by atoms with van der Waals surface area (Å²) < 4.78 is 34.4. The maximum Gasteiger partial charge on any atom is 0.384 e. The van der Waals surface area contributed by atoms with Gasteiger partial charge in [0.05, 0.1) is 6.61 Å². The van der Waals surface area contributed by atoms with Crippen molar-refractivity contribution in [2.24, 2.45) is 0 Å². The van der Waals surface area contributed by atoms with Crippen molar-refractivity contribution in [3.63, 3.8) is 0 Å². The number of esters is 1. The van der Waals surface area contributed by atoms with Gasteiger partial charge in [-0.25, -0.2) is 14.8 Å². The van der Waals surface area contributed by atoms with Crippen molar-refractivity contribution >= 4 is 39.5 Å². The van der Waals surface area contributed by atoms with Gasteiger partial charge in [-0.15, -0.1) is 0 Å². The van der Waals surface area contributed by atoms with Crippen molar-refractivity contribution in [2.45, 2.75) is 12.1 Å². The summed E-state index contributed by atoms with van der Waals surface area (Å²) in [6.07, 6.45) is 3.22. The molecule has 2 rings (SSSR count). The van der Waals surface area contributed by atoms with Gasteiger partial charge in [0.25, 0.3) is 0 Å². The molecule has 0 atom stereocenters. The van der Waals surface area contributed by atoms with Gasteiger partial charge in [-0.3, -0.25) is 0 Å². The molecule has 1 aromatic carbocycles. The number of hydrogen-bond acceptors (Lipinski definition) is 9. The molecule has 1 N–H and O–H groups in total. The van der Waals surface area contributed by atoms with Gasteiger partial charge in [0.1, 0.15) is 17.1 Å². The number of benzene rings is 1. The Bertz CT molecular complexity index is 902. The number of aromatic nitrogens is 2. The predicted octanol–water partition coefficient (Wildman–Crippen LogP) is 2.30. The summed E-state index contributed by atoms with van der Waals surface area (Å²) in [4.78, 5) is 20.5. The normalized spacial score (nSPS) is 11.3. The first kappa shape index (κ1) is 20.9. The standard InChI is InChI=1S/C16H20N4O5S2/c1-5-24-15(21)13-10-17-16(26-4)19-14(13)18-11-6-8-12(9-7-11)25-27(22,23)20(2)3/h6-10H,5H2,1-4H3,(H,17,18,19). The third-order valence-electron chi connectivity index (χ3n) is 3.21. The molecule has 0 unspecified atom stereocenters. The zero-order valence-corrected chi connectivity index (χ0v) is 16.9. The molecule has 0 saturated heterocycles. The molecule has 2 aromatic rings. The Morgan fingerprint density at radius 3 is 2.48 bits per heavy atom. The third-order valence-corrected chi connectivity index (χ3v) is 5.07. The Labute approximate surface area is 162 Å². The van der Waals surface area contributed by atoms with Crippen molar-refractivity contribution < 1.29 is 22.1 Å². The van der Waals surface area contributed by atoms with Crippen LogP contribution in [0.15, 0.2) is 35.6 Å². The number of carbonyl (C=O) groups is 1. The van der Waals surface area contributed by atoms with E-state index in [1.807, 2.05) is 6.26 Å². The monoisotopic (exact) mass is 412 g/mol. The van der Waals surface area contributed by atoms with Crippen LogP contribution in [0.5, 0.6) is 5.75 Å². The predicted molar refractivity (Wildman–Crippen MR) is 103 cm³/mol. The topological polar surface area (TPSA) is 111 Å². The first-order chi connectivity index (χ1) is 12.8. The molecule has 27 heavy (non-hydrogen) atoms. The summed E-state index contributed by atoms with van der Waals surface area (Å²) in [5.41, 5.74) is 0.783. The minimum absolute atomic E-state index is 0.160. The second-order valence-electron chi connectivity index (χ2n) is 5.31. The molecule has 0 aliphatic heterocycles. The molecule has 0 saturated carbocycles. The summed E-state index contributed by atoms with van der Waals surface area (Å²) >= 11 is 1.33. The first-order valence-corrected chi connectivity index (χ1v) is 10.4. The Hall–Kier alpha value is -2.37. The second kappa shape index (κ2) is 9.02. The average Bonchev–Trinajstić information content (AvgIpc) is 2.63. The van der Waals surface area contributed by atoms with Crippen LogP contribution < -0.4 is 9.50 Å². The Morgan fingerprint density at radius 1 is 1.26 bits per heavy atom. The first-order valence-electron chi connectivity index (χ1n) is 7.84. The fourth-order valence-electron chi connectivity index (χ4n) is 1.84. The van der Waals surface area contributed by atoms with E-state index in [2.05, 4.69) is 15.3 Å². The smallest absolute Gasteiger partial charge is 0.384 e. The van der Waals surface area contributed by atoms with Crippen molar-refractivity contribution in [3.05, 3.63) is 36.0 Å². The molecule has 0 aliphatic rings. The molecule has 0 aliphatic carbocycles. The maximum atomic E-state index is 12.1. The van der Waals surface area contributed by atoms with Gasteiger partial charge < -0.3 is 14.2 Å². The quantitative estimate of drug-likeness (QED) is 0.396. The van der Waals surface area contributed by atoms with Gasteiger partial charge in [-0.2, -0.15) is 12.7 Å². The van der Waals surface area contributed by atoms with E-state index in [0.29, 0.717) is 16.7 Å². The van der Waals surface area contributed by atoms with E-state index in [-0.39, 0.29) is 17.9 Å². The summed E-state index contributed by atoms with van der Waals surface area (Å²) in [7, 11) is -1.08. The minimum atomic E-state index is -3.83. The number of nitrogens with zero attached hydrogens (tertiary/aromatic N) is 3. The van der Waals surface area contributed by atoms with Gasteiger partial charge in [0.2, 0.25) is 0 Å². The highest BCUT2D eigenvalue weighted by atomic mass is 32.2. The Morgan fingerprint density at radius 2 is 1.93 bits per heavy atom. The lowest BCUT2D eigenvalue weighted by Gasteiger charge is -2.13. The number of thioether (sulfide) groups is 1. The van der Waals surface area contributed by atoms with Crippen LogP contribution in [0.25, 0.3) is 0 Å². The molecule has 0 bridgehead atoms. The van der Waals surface area contributed by atoms with E-state index >= 15 is 0 Å². The molecule has 0 spiro atoms. The number of hydrogen-bond donors (Lipinski definition) is 1. The summed E-state index contributed by atoms with van der Waals surface area (Å²) in [5.74, 6) is -0.0839. The molecular weight excluding hydrogens is 392 g/mol. The van der Waals surface area contributed by atoms with Crippen LogP contribution in [0.3, 0.4) is 0 Å². The van der Waals surface area contributed by atoms with Crippen molar-refractivity contribution in [1.29, 1.82) is 0 Å². The van der Waals surface area contributed by atoms with Crippen LogP contribution in [-0.4, -0.2) is 55.6 Å². The molecule has 1 aromatic heterocycles. The molecule has 0 fully saturated rings. The number of rotatable bonds is 8. The van der Waals surface area contributed by atoms with Crippen LogP contribution in [-0.2, 0) is 15.0 Å². The van der Waals surface area contributed by atoms with Gasteiger partial charge in [0.15, 0.2) is 5.16 Å². The molecule has 11 heteroatoms. The van der Waals surface area contributed by atoms with Crippen molar-refractivity contribution in [3.8, 4) is 5.75 Å². The molecular formula is C16H20N4O5S2. The van der Waals surface area contributed by atoms with E-state index in [1.165, 1.54) is 44.2 Å². The highest BCUT2D eigenvalue weighted by Crippen LogP contribution is 2.24. The Balaban J connectivity index is 2.25. The lowest BCUT2D eigenvalue weighted by Crippen LogP contribution is -2.26. The van der Waals surface area contributed by atoms with Gasteiger partial charge in [-0.1, -0.05) is 11.8 Å². The molecule has 9 nitrogen and oxygen atoms in total. The van der Waals surface area contributed by atoms with E-state index < -0.39 is 16.3 Å². The third kappa shape index (κ3) is 5.55. The summed E-state index contributed by atoms with van der Waals surface area (Å²) in [5, 5.41) is 3.51. The lowest BCUT2D eigenvalue weighted by molar-refractivity contribution is 0.0526. The van der Waals surface area contributed by atoms with E-state index in [0.717, 1.165) is 4.31 Å². The van der Waals surface area contributed by atoms with E-state index in [1.54, 1.807) is 19.1 Å². The molecule has 146 valence electrons. The summed E-state index contributed by atoms with van der Waals surface area (Å²) in [6.45, 7) is 1.94. The minimum Gasteiger partial charge on any atom is -0.462 e. The Kier molecular flexibility index (Phi) is 6.99. The number of anilines is 2. The van der Waals surface area contributed by atoms with Gasteiger partial charge in [0, 0.05) is 26.0 Å². The molecule has 1 heterocycles. The highest BCUT2D eigenvalue weighted by molar-refractivity contribution is 7.98. The van der Waals surface area contributed by atoms with Crippen LogP contribution in [0.4, 0.5) is 11.5 Å². The largest absolute Gasteiger partial charge is 0.462 e. The van der Waals surface area contributed by atoms with Crippen molar-refractivity contribution in [1.82, 2.24) is 14.3 Å². The number of nitrogens with one attached hydrogen (secondary N) is 1. The second-order valence-corrected chi connectivity index (χ2v) is 7.84. The van der Waals surface area contributed by atoms with Crippen LogP contribution >= 0.6 is 11.8 Å². The van der Waals surface area contributed by atoms with Crippen LogP contribution in [0.1, 0.15) is 17.3 Å². The summed E-state index contributed by atoms with van der Waals surface area (Å²) in [6, 6.07) is 6.20. The average molecular weight is 412 g/mol. The van der Waals surface area contributed by atoms with Crippen LogP contribution in [0.2, 0.25) is 0 Å². The fourth-order valence-corrected chi connectivity index (χ4v) is 2.69. The maximum absolute atomic E-state index is 12.1. The van der Waals surface area contributed by atoms with Crippen LogP contribution in [0, 0.1) is 0 Å². The zero-order valence-electron chi connectivity index (χ0n) is 15.3. The van der Waals surface area contributed by atoms with E-state index in [4.69, 9.17) is 8.92 Å². The van der Waals surface area contributed by atoms with Gasteiger partial charge in [-0.05, 0) is 37.4 Å². The van der Waals surface area contributed by atoms with E-state index in [9.17, 15) is 13.2 Å². The fraction of sp³-hybridized carbons (Fsp3) is 0.312.